The van der Waals surface area contributed by atoms with Crippen LogP contribution in [0.4, 0.5) is 5.82 Å². The van der Waals surface area contributed by atoms with Crippen LogP contribution >= 0.6 is 11.6 Å². The maximum atomic E-state index is 10.5. The summed E-state index contributed by atoms with van der Waals surface area (Å²) in [4.78, 5) is 12.6. The predicted molar refractivity (Wildman–Crippen MR) is 109 cm³/mol. The summed E-state index contributed by atoms with van der Waals surface area (Å²) in [6, 6.07) is 11.3. The molecule has 0 aliphatic heterocycles. The van der Waals surface area contributed by atoms with Crippen LogP contribution in [0.2, 0.25) is 5.02 Å². The van der Waals surface area contributed by atoms with Crippen LogP contribution in [-0.4, -0.2) is 20.1 Å². The number of nitrogens with two attached hydrogens (primary N) is 1. The Morgan fingerprint density at radius 1 is 1.14 bits per heavy atom. The maximum absolute atomic E-state index is 10.5. The molecule has 0 aliphatic rings. The summed E-state index contributed by atoms with van der Waals surface area (Å²) in [6.45, 7) is 2.22. The molecule has 2 heterocycles. The molecule has 6 nitrogen and oxygen atoms in total. The number of fused-ring (bicyclic) bond motifs is 1. The molecule has 0 saturated carbocycles. The molecule has 28 heavy (non-hydrogen) atoms. The average Bonchev–Trinajstić information content (AvgIpc) is 2.70. The number of benzene rings is 2. The number of nitrogen functional groups attached to an aromatic ring is 1. The summed E-state index contributed by atoms with van der Waals surface area (Å²) < 4.78 is 6.07. The molecule has 0 aliphatic carbocycles. The van der Waals surface area contributed by atoms with Crippen molar-refractivity contribution in [2.24, 2.45) is 0 Å². The van der Waals surface area contributed by atoms with Crippen LogP contribution in [-0.2, 0) is 6.61 Å². The normalized spacial score (nSPS) is 10.9. The molecule has 2 aromatic carbocycles. The first-order chi connectivity index (χ1) is 13.6. The molecule has 0 spiro atoms. The Labute approximate surface area is 166 Å². The zero-order valence-corrected chi connectivity index (χ0v) is 15.8. The molecule has 3 N–H and O–H groups in total. The van der Waals surface area contributed by atoms with Gasteiger partial charge in [-0.3, -0.25) is 4.98 Å². The number of hydrogen-bond acceptors (Lipinski definition) is 6. The average molecular weight is 393 g/mol. The van der Waals surface area contributed by atoms with Gasteiger partial charge in [-0.15, -0.1) is 0 Å². The Kier molecular flexibility index (Phi) is 4.71. The third-order valence-electron chi connectivity index (χ3n) is 4.54. The molecule has 0 saturated heterocycles. The zero-order valence-electron chi connectivity index (χ0n) is 15.1. The minimum atomic E-state index is -0.0486. The lowest BCUT2D eigenvalue weighted by molar-refractivity contribution is 0.306. The molecule has 4 aromatic rings. The number of hydrogen-bond donors (Lipinski definition) is 2. The van der Waals surface area contributed by atoms with Gasteiger partial charge in [-0.05, 0) is 18.1 Å². The number of phenolic OH excluding ortho intramolecular Hbond substituents is 1. The first-order valence-corrected chi connectivity index (χ1v) is 8.97. The van der Waals surface area contributed by atoms with Crippen LogP contribution < -0.4 is 10.5 Å². The van der Waals surface area contributed by atoms with E-state index in [9.17, 15) is 5.11 Å². The van der Waals surface area contributed by atoms with E-state index in [0.29, 0.717) is 33.8 Å². The molecule has 2 aromatic heterocycles. The van der Waals surface area contributed by atoms with E-state index in [-0.39, 0.29) is 11.6 Å². The van der Waals surface area contributed by atoms with E-state index in [0.717, 1.165) is 16.7 Å². The quantitative estimate of drug-likeness (QED) is 0.530. The van der Waals surface area contributed by atoms with Crippen LogP contribution in [0.5, 0.6) is 11.5 Å². The van der Waals surface area contributed by atoms with Crippen molar-refractivity contribution < 1.29 is 9.84 Å². The van der Waals surface area contributed by atoms with Crippen LogP contribution in [0.25, 0.3) is 22.0 Å². The largest absolute Gasteiger partial charge is 0.507 e. The minimum absolute atomic E-state index is 0.0486. The summed E-state index contributed by atoms with van der Waals surface area (Å²) in [6.07, 6.45) is 4.63. The van der Waals surface area contributed by atoms with Crippen molar-refractivity contribution in [3.8, 4) is 22.6 Å². The van der Waals surface area contributed by atoms with Crippen LogP contribution in [0.3, 0.4) is 0 Å². The van der Waals surface area contributed by atoms with Crippen molar-refractivity contribution in [3.05, 3.63) is 71.3 Å². The van der Waals surface area contributed by atoms with Gasteiger partial charge in [-0.25, -0.2) is 9.97 Å². The first-order valence-electron chi connectivity index (χ1n) is 8.59. The van der Waals surface area contributed by atoms with E-state index < -0.39 is 0 Å². The Morgan fingerprint density at radius 3 is 2.71 bits per heavy atom. The molecule has 0 radical (unpaired) electrons. The van der Waals surface area contributed by atoms with Gasteiger partial charge in [0, 0.05) is 24.0 Å². The lowest BCUT2D eigenvalue weighted by Crippen LogP contribution is -2.01. The summed E-state index contributed by atoms with van der Waals surface area (Å²) in [7, 11) is 0. The van der Waals surface area contributed by atoms with E-state index in [2.05, 4.69) is 15.0 Å². The number of aromatic hydroxyl groups is 1. The van der Waals surface area contributed by atoms with Crippen LogP contribution in [0.1, 0.15) is 11.1 Å². The minimum Gasteiger partial charge on any atom is -0.507 e. The van der Waals surface area contributed by atoms with Gasteiger partial charge in [0.25, 0.3) is 0 Å². The van der Waals surface area contributed by atoms with Crippen molar-refractivity contribution in [3.63, 3.8) is 0 Å². The van der Waals surface area contributed by atoms with Gasteiger partial charge in [0.15, 0.2) is 0 Å². The maximum Gasteiger partial charge on any atom is 0.138 e. The number of rotatable bonds is 4. The predicted octanol–water partition coefficient (Wildman–Crippen LogP) is 4.52. The van der Waals surface area contributed by atoms with Gasteiger partial charge in [0.2, 0.25) is 0 Å². The summed E-state index contributed by atoms with van der Waals surface area (Å²) in [5, 5.41) is 11.4. The fourth-order valence-corrected chi connectivity index (χ4v) is 3.25. The number of aromatic nitrogens is 3. The number of phenols is 1. The molecular weight excluding hydrogens is 376 g/mol. The summed E-state index contributed by atoms with van der Waals surface area (Å²) in [5.74, 6) is 0.595. The zero-order chi connectivity index (χ0) is 19.7. The molecule has 7 heteroatoms. The fraction of sp³-hybridized carbons (Fsp3) is 0.0952. The van der Waals surface area contributed by atoms with Crippen molar-refractivity contribution in [1.82, 2.24) is 15.0 Å². The van der Waals surface area contributed by atoms with Crippen LogP contribution in [0.15, 0.2) is 55.1 Å². The Hall–Kier alpha value is -3.38. The molecule has 140 valence electrons. The van der Waals surface area contributed by atoms with Gasteiger partial charge >= 0.3 is 0 Å². The van der Waals surface area contributed by atoms with Crippen molar-refractivity contribution in [1.29, 1.82) is 0 Å². The standard InChI is InChI=1S/C21H17ClN4O2/c1-12-14(8-24-9-15(12)22)18-17(28-10-13-5-3-2-4-6-13)7-16(27)19-20(18)25-11-26-21(19)23/h2-9,11,27H,10H2,1H3,(H2,23,25,26). The molecular formula is C21H17ClN4O2. The number of anilines is 1. The Bertz CT molecular complexity index is 1170. The topological polar surface area (TPSA) is 94.2 Å². The van der Waals surface area contributed by atoms with Gasteiger partial charge < -0.3 is 15.6 Å². The van der Waals surface area contributed by atoms with Gasteiger partial charge in [0.05, 0.1) is 21.5 Å². The molecule has 0 atom stereocenters. The van der Waals surface area contributed by atoms with Gasteiger partial charge in [-0.2, -0.15) is 0 Å². The van der Waals surface area contributed by atoms with Crippen molar-refractivity contribution in [2.75, 3.05) is 5.73 Å². The lowest BCUT2D eigenvalue weighted by Gasteiger charge is -2.17. The van der Waals surface area contributed by atoms with E-state index >= 15 is 0 Å². The van der Waals surface area contributed by atoms with Crippen LogP contribution in [0, 0.1) is 6.92 Å². The van der Waals surface area contributed by atoms with E-state index in [1.54, 1.807) is 12.4 Å². The second kappa shape index (κ2) is 7.32. The van der Waals surface area contributed by atoms with E-state index in [1.165, 1.54) is 12.4 Å². The smallest absolute Gasteiger partial charge is 0.138 e. The van der Waals surface area contributed by atoms with E-state index in [4.69, 9.17) is 22.1 Å². The molecule has 0 unspecified atom stereocenters. The molecule has 0 fully saturated rings. The third kappa shape index (κ3) is 3.18. The Morgan fingerprint density at radius 2 is 1.93 bits per heavy atom. The Balaban J connectivity index is 1.94. The molecule has 4 rings (SSSR count). The van der Waals surface area contributed by atoms with Crippen molar-refractivity contribution >= 4 is 28.3 Å². The molecule has 0 amide bonds. The van der Waals surface area contributed by atoms with Crippen molar-refractivity contribution in [2.45, 2.75) is 13.5 Å². The number of halogens is 1. The lowest BCUT2D eigenvalue weighted by atomic mass is 9.98. The van der Waals surface area contributed by atoms with E-state index in [1.807, 2.05) is 37.3 Å². The highest BCUT2D eigenvalue weighted by atomic mass is 35.5. The van der Waals surface area contributed by atoms with Gasteiger partial charge in [0.1, 0.15) is 30.3 Å². The second-order valence-corrected chi connectivity index (χ2v) is 6.73. The number of nitrogens with zero attached hydrogens (tertiary/aromatic N) is 3. The summed E-state index contributed by atoms with van der Waals surface area (Å²) >= 11 is 6.29. The highest BCUT2D eigenvalue weighted by Gasteiger charge is 2.21. The number of pyridine rings is 1. The summed E-state index contributed by atoms with van der Waals surface area (Å²) in [5.41, 5.74) is 9.70. The molecule has 0 bridgehead atoms. The monoisotopic (exact) mass is 392 g/mol. The highest BCUT2D eigenvalue weighted by Crippen LogP contribution is 2.44. The first kappa shape index (κ1) is 18.0. The van der Waals surface area contributed by atoms with Gasteiger partial charge in [-0.1, -0.05) is 41.9 Å². The number of ether oxygens (including phenoxy) is 1. The highest BCUT2D eigenvalue weighted by molar-refractivity contribution is 6.31. The second-order valence-electron chi connectivity index (χ2n) is 6.32. The SMILES string of the molecule is Cc1c(Cl)cncc1-c1c(OCc2ccccc2)cc(O)c2c(N)ncnc12. The third-order valence-corrected chi connectivity index (χ3v) is 4.93. The fourth-order valence-electron chi connectivity index (χ4n) is 3.09.